The molecular weight excluding hydrogens is 356 g/mol. The number of carboxylic acids is 1. The van der Waals surface area contributed by atoms with Crippen molar-refractivity contribution in [3.8, 4) is 0 Å². The monoisotopic (exact) mass is 382 g/mol. The summed E-state index contributed by atoms with van der Waals surface area (Å²) in [6, 6.07) is 7.57. The average Bonchev–Trinajstić information content (AvgIpc) is 2.53. The number of halogens is 1. The molecule has 0 radical (unpaired) electrons. The number of aliphatic carboxylic acids is 1. The summed E-state index contributed by atoms with van der Waals surface area (Å²) in [7, 11) is 1.74. The topological polar surface area (TPSA) is 70.1 Å². The third kappa shape index (κ3) is 5.97. The molecule has 0 saturated carbocycles. The van der Waals surface area contributed by atoms with Gasteiger partial charge in [0.05, 0.1) is 19.3 Å². The molecular formula is C19H27ClN2O4. The van der Waals surface area contributed by atoms with Crippen LogP contribution in [0.4, 0.5) is 0 Å². The van der Waals surface area contributed by atoms with Crippen molar-refractivity contribution in [1.82, 2.24) is 9.80 Å². The van der Waals surface area contributed by atoms with Crippen molar-refractivity contribution in [2.75, 3.05) is 39.8 Å². The van der Waals surface area contributed by atoms with E-state index in [4.69, 9.17) is 21.4 Å². The molecule has 1 atom stereocenters. The number of ether oxygens (including phenoxy) is 1. The number of carbonyl (C=O) groups is 2. The Morgan fingerprint density at radius 3 is 2.81 bits per heavy atom. The van der Waals surface area contributed by atoms with Crippen LogP contribution in [0.1, 0.15) is 19.4 Å². The highest BCUT2D eigenvalue weighted by Crippen LogP contribution is 2.27. The van der Waals surface area contributed by atoms with E-state index in [0.29, 0.717) is 37.7 Å². The van der Waals surface area contributed by atoms with Gasteiger partial charge >= 0.3 is 5.97 Å². The van der Waals surface area contributed by atoms with Gasteiger partial charge in [0.25, 0.3) is 0 Å². The van der Waals surface area contributed by atoms with Gasteiger partial charge in [0.2, 0.25) is 5.91 Å². The molecule has 1 saturated heterocycles. The zero-order chi connectivity index (χ0) is 19.3. The van der Waals surface area contributed by atoms with Crippen LogP contribution >= 0.6 is 11.6 Å². The lowest BCUT2D eigenvalue weighted by atomic mass is 9.84. The number of rotatable bonds is 7. The van der Waals surface area contributed by atoms with Gasteiger partial charge < -0.3 is 14.7 Å². The second kappa shape index (κ2) is 8.84. The van der Waals surface area contributed by atoms with E-state index in [2.05, 4.69) is 0 Å². The molecule has 2 rings (SSSR count). The van der Waals surface area contributed by atoms with Crippen molar-refractivity contribution < 1.29 is 19.4 Å². The highest BCUT2D eigenvalue weighted by molar-refractivity contribution is 6.30. The lowest BCUT2D eigenvalue weighted by molar-refractivity contribution is -0.149. The van der Waals surface area contributed by atoms with Crippen molar-refractivity contribution in [2.45, 2.75) is 26.4 Å². The summed E-state index contributed by atoms with van der Waals surface area (Å²) >= 11 is 6.05. The van der Waals surface area contributed by atoms with Crippen molar-refractivity contribution >= 4 is 23.5 Å². The molecule has 1 N–H and O–H groups in total. The Balaban J connectivity index is 1.97. The maximum absolute atomic E-state index is 13.0. The standard InChI is InChI=1S/C19H27ClN2O4/c1-19(2,10-14-5-4-6-15(20)9-14)18(25)22-7-8-26-16(12-22)11-21(3)13-17(23)24/h4-6,9,16H,7-8,10-13H2,1-3H3,(H,23,24). The summed E-state index contributed by atoms with van der Waals surface area (Å²) in [5.74, 6) is -0.800. The second-order valence-corrected chi connectivity index (χ2v) is 7.96. The Hall–Kier alpha value is -1.63. The first-order valence-electron chi connectivity index (χ1n) is 8.73. The lowest BCUT2D eigenvalue weighted by Gasteiger charge is -2.38. The van der Waals surface area contributed by atoms with E-state index < -0.39 is 11.4 Å². The predicted octanol–water partition coefficient (Wildman–Crippen LogP) is 2.15. The molecule has 1 unspecified atom stereocenters. The van der Waals surface area contributed by atoms with Gasteiger partial charge in [-0.15, -0.1) is 0 Å². The van der Waals surface area contributed by atoms with Gasteiger partial charge in [-0.05, 0) is 31.2 Å². The van der Waals surface area contributed by atoms with Gasteiger partial charge in [-0.2, -0.15) is 0 Å². The Morgan fingerprint density at radius 2 is 2.15 bits per heavy atom. The zero-order valence-corrected chi connectivity index (χ0v) is 16.3. The summed E-state index contributed by atoms with van der Waals surface area (Å²) in [6.45, 7) is 5.80. The molecule has 0 spiro atoms. The van der Waals surface area contributed by atoms with Crippen molar-refractivity contribution in [2.24, 2.45) is 5.41 Å². The van der Waals surface area contributed by atoms with Crippen LogP contribution in [-0.2, 0) is 20.7 Å². The minimum Gasteiger partial charge on any atom is -0.480 e. The SMILES string of the molecule is CN(CC(=O)O)CC1CN(C(=O)C(C)(C)Cc2cccc(Cl)c2)CCO1. The maximum atomic E-state index is 13.0. The second-order valence-electron chi connectivity index (χ2n) is 7.53. The molecule has 0 bridgehead atoms. The highest BCUT2D eigenvalue weighted by atomic mass is 35.5. The molecule has 6 nitrogen and oxygen atoms in total. The molecule has 0 aliphatic carbocycles. The molecule has 1 aromatic rings. The van der Waals surface area contributed by atoms with Gasteiger partial charge in [0, 0.05) is 30.1 Å². The van der Waals surface area contributed by atoms with E-state index in [-0.39, 0.29) is 18.6 Å². The fourth-order valence-corrected chi connectivity index (χ4v) is 3.53. The molecule has 1 fully saturated rings. The maximum Gasteiger partial charge on any atom is 0.317 e. The van der Waals surface area contributed by atoms with Crippen molar-refractivity contribution in [3.05, 3.63) is 34.9 Å². The van der Waals surface area contributed by atoms with Crippen LogP contribution in [0.3, 0.4) is 0 Å². The van der Waals surface area contributed by atoms with Crippen molar-refractivity contribution in [1.29, 1.82) is 0 Å². The number of benzene rings is 1. The van der Waals surface area contributed by atoms with Gasteiger partial charge in [-0.1, -0.05) is 37.6 Å². The van der Waals surface area contributed by atoms with Gasteiger partial charge in [0.15, 0.2) is 0 Å². The molecule has 0 aromatic heterocycles. The minimum atomic E-state index is -0.876. The number of hydrogen-bond acceptors (Lipinski definition) is 4. The highest BCUT2D eigenvalue weighted by Gasteiger charge is 2.35. The molecule has 144 valence electrons. The van der Waals surface area contributed by atoms with E-state index in [0.717, 1.165) is 5.56 Å². The van der Waals surface area contributed by atoms with Crippen LogP contribution in [0.15, 0.2) is 24.3 Å². The van der Waals surface area contributed by atoms with E-state index in [1.807, 2.05) is 43.0 Å². The first-order chi connectivity index (χ1) is 12.2. The number of hydrogen-bond donors (Lipinski definition) is 1. The fourth-order valence-electron chi connectivity index (χ4n) is 3.32. The van der Waals surface area contributed by atoms with Crippen LogP contribution in [0.2, 0.25) is 5.02 Å². The summed E-state index contributed by atoms with van der Waals surface area (Å²) in [5, 5.41) is 9.53. The zero-order valence-electron chi connectivity index (χ0n) is 15.6. The van der Waals surface area contributed by atoms with E-state index >= 15 is 0 Å². The van der Waals surface area contributed by atoms with E-state index in [9.17, 15) is 9.59 Å². The summed E-state index contributed by atoms with van der Waals surface area (Å²) in [4.78, 5) is 27.4. The third-order valence-electron chi connectivity index (χ3n) is 4.46. The number of carboxylic acid groups (broad SMARTS) is 1. The average molecular weight is 383 g/mol. The predicted molar refractivity (Wildman–Crippen MR) is 100 cm³/mol. The number of likely N-dealkylation sites (N-methyl/N-ethyl adjacent to an activating group) is 1. The molecule has 1 amide bonds. The van der Waals surface area contributed by atoms with Crippen LogP contribution < -0.4 is 0 Å². The van der Waals surface area contributed by atoms with Crippen LogP contribution in [-0.4, -0.2) is 72.7 Å². The summed E-state index contributed by atoms with van der Waals surface area (Å²) in [5.41, 5.74) is 0.473. The Morgan fingerprint density at radius 1 is 1.42 bits per heavy atom. The first kappa shape index (κ1) is 20.7. The number of amides is 1. The molecule has 1 aromatic carbocycles. The van der Waals surface area contributed by atoms with Gasteiger partial charge in [-0.3, -0.25) is 14.5 Å². The minimum absolute atomic E-state index is 0.0476. The molecule has 7 heteroatoms. The van der Waals surface area contributed by atoms with Gasteiger partial charge in [-0.25, -0.2) is 0 Å². The largest absolute Gasteiger partial charge is 0.480 e. The molecule has 1 aliphatic heterocycles. The normalized spacial score (nSPS) is 18.2. The lowest BCUT2D eigenvalue weighted by Crippen LogP contribution is -2.53. The van der Waals surface area contributed by atoms with Crippen LogP contribution in [0.5, 0.6) is 0 Å². The molecule has 1 heterocycles. The summed E-state index contributed by atoms with van der Waals surface area (Å²) < 4.78 is 5.71. The van der Waals surface area contributed by atoms with E-state index in [1.165, 1.54) is 0 Å². The molecule has 1 aliphatic rings. The number of carbonyl (C=O) groups excluding carboxylic acids is 1. The molecule has 26 heavy (non-hydrogen) atoms. The number of morpholine rings is 1. The van der Waals surface area contributed by atoms with Gasteiger partial charge in [0.1, 0.15) is 0 Å². The Labute approximate surface area is 159 Å². The summed E-state index contributed by atoms with van der Waals surface area (Å²) in [6.07, 6.45) is 0.423. The van der Waals surface area contributed by atoms with Crippen molar-refractivity contribution in [3.63, 3.8) is 0 Å². The smallest absolute Gasteiger partial charge is 0.317 e. The third-order valence-corrected chi connectivity index (χ3v) is 4.70. The quantitative estimate of drug-likeness (QED) is 0.782. The first-order valence-corrected chi connectivity index (χ1v) is 9.11. The fraction of sp³-hybridized carbons (Fsp3) is 0.579. The van der Waals surface area contributed by atoms with Crippen LogP contribution in [0, 0.1) is 5.41 Å². The number of nitrogens with zero attached hydrogens (tertiary/aromatic N) is 2. The Kier molecular flexibility index (Phi) is 7.03. The Bertz CT molecular complexity index is 650. The van der Waals surface area contributed by atoms with E-state index in [1.54, 1.807) is 11.9 Å². The van der Waals surface area contributed by atoms with Crippen LogP contribution in [0.25, 0.3) is 0 Å².